The summed E-state index contributed by atoms with van der Waals surface area (Å²) in [5, 5.41) is 5.93. The summed E-state index contributed by atoms with van der Waals surface area (Å²) >= 11 is 0. The van der Waals surface area contributed by atoms with Gasteiger partial charge in [-0.25, -0.2) is 9.97 Å². The van der Waals surface area contributed by atoms with Crippen molar-refractivity contribution in [2.45, 2.75) is 25.9 Å². The van der Waals surface area contributed by atoms with Gasteiger partial charge in [0.2, 0.25) is 17.8 Å². The van der Waals surface area contributed by atoms with Crippen LogP contribution >= 0.6 is 0 Å². The molecule has 0 bridgehead atoms. The second-order valence-electron chi connectivity index (χ2n) is 6.98. The largest absolute Gasteiger partial charge is 0.490 e. The molecular formula is C21H23N7O2. The Balaban J connectivity index is 1.36. The van der Waals surface area contributed by atoms with E-state index in [0.717, 1.165) is 37.4 Å². The molecule has 1 aliphatic heterocycles. The van der Waals surface area contributed by atoms with Crippen LogP contribution in [-0.2, 0) is 4.79 Å². The van der Waals surface area contributed by atoms with Crippen molar-refractivity contribution < 1.29 is 9.53 Å². The molecule has 1 amide bonds. The van der Waals surface area contributed by atoms with E-state index < -0.39 is 0 Å². The number of hydrogen-bond donors (Lipinski definition) is 2. The van der Waals surface area contributed by atoms with Gasteiger partial charge in [0.05, 0.1) is 0 Å². The number of carbonyl (C=O) groups excluding carboxylic acids is 1. The van der Waals surface area contributed by atoms with Crippen LogP contribution in [0, 0.1) is 0 Å². The third-order valence-corrected chi connectivity index (χ3v) is 4.68. The number of pyridine rings is 1. The van der Waals surface area contributed by atoms with Crippen molar-refractivity contribution in [1.82, 2.24) is 19.9 Å². The zero-order chi connectivity index (χ0) is 20.8. The second kappa shape index (κ2) is 9.17. The summed E-state index contributed by atoms with van der Waals surface area (Å²) in [5.74, 6) is 1.81. The maximum absolute atomic E-state index is 11.2. The van der Waals surface area contributed by atoms with E-state index in [1.54, 1.807) is 12.4 Å². The van der Waals surface area contributed by atoms with Crippen molar-refractivity contribution in [2.24, 2.45) is 0 Å². The fourth-order valence-electron chi connectivity index (χ4n) is 3.29. The van der Waals surface area contributed by atoms with Gasteiger partial charge in [-0.05, 0) is 30.3 Å². The molecule has 0 atom stereocenters. The van der Waals surface area contributed by atoms with E-state index >= 15 is 0 Å². The molecule has 2 aromatic heterocycles. The van der Waals surface area contributed by atoms with E-state index in [9.17, 15) is 4.79 Å². The molecule has 0 aliphatic carbocycles. The van der Waals surface area contributed by atoms with Crippen molar-refractivity contribution >= 4 is 29.2 Å². The number of benzene rings is 1. The van der Waals surface area contributed by atoms with Crippen molar-refractivity contribution in [2.75, 3.05) is 28.6 Å². The minimum atomic E-state index is -0.120. The first-order valence-electron chi connectivity index (χ1n) is 9.81. The van der Waals surface area contributed by atoms with Crippen LogP contribution in [-0.4, -0.2) is 45.0 Å². The highest BCUT2D eigenvalue weighted by atomic mass is 16.5. The lowest BCUT2D eigenvalue weighted by atomic mass is 10.1. The van der Waals surface area contributed by atoms with Gasteiger partial charge >= 0.3 is 0 Å². The molecule has 3 heterocycles. The van der Waals surface area contributed by atoms with Crippen molar-refractivity contribution in [3.63, 3.8) is 0 Å². The smallest absolute Gasteiger partial charge is 0.231 e. The topological polar surface area (TPSA) is 105 Å². The molecule has 0 spiro atoms. The zero-order valence-corrected chi connectivity index (χ0v) is 16.7. The lowest BCUT2D eigenvalue weighted by molar-refractivity contribution is -0.114. The highest BCUT2D eigenvalue weighted by molar-refractivity contribution is 5.89. The Morgan fingerprint density at radius 2 is 1.87 bits per heavy atom. The average molecular weight is 405 g/mol. The van der Waals surface area contributed by atoms with Gasteiger partial charge in [-0.3, -0.25) is 9.78 Å². The number of anilines is 4. The first kappa shape index (κ1) is 19.6. The zero-order valence-electron chi connectivity index (χ0n) is 16.7. The third kappa shape index (κ3) is 5.19. The molecule has 0 radical (unpaired) electrons. The van der Waals surface area contributed by atoms with E-state index in [-0.39, 0.29) is 12.0 Å². The quantitative estimate of drug-likeness (QED) is 0.645. The minimum Gasteiger partial charge on any atom is -0.490 e. The number of amides is 1. The second-order valence-corrected chi connectivity index (χ2v) is 6.98. The SMILES string of the molecule is CC(=O)Nc1cccc(Nc2ncnc(N3CCC(Oc4ccncc4)CC3)n2)c1. The highest BCUT2D eigenvalue weighted by Crippen LogP contribution is 2.22. The molecule has 30 heavy (non-hydrogen) atoms. The third-order valence-electron chi connectivity index (χ3n) is 4.68. The molecule has 9 heteroatoms. The summed E-state index contributed by atoms with van der Waals surface area (Å²) in [6.45, 7) is 3.08. The van der Waals surface area contributed by atoms with Crippen molar-refractivity contribution in [3.8, 4) is 5.75 Å². The molecule has 1 fully saturated rings. The summed E-state index contributed by atoms with van der Waals surface area (Å²) in [5.41, 5.74) is 1.49. The van der Waals surface area contributed by atoms with Crippen LogP contribution in [0.25, 0.3) is 0 Å². The molecule has 0 unspecified atom stereocenters. The van der Waals surface area contributed by atoms with E-state index in [2.05, 4.69) is 35.5 Å². The van der Waals surface area contributed by atoms with Crippen LogP contribution in [0.15, 0.2) is 55.1 Å². The molecule has 0 saturated carbocycles. The number of aromatic nitrogens is 4. The molecule has 9 nitrogen and oxygen atoms in total. The highest BCUT2D eigenvalue weighted by Gasteiger charge is 2.22. The van der Waals surface area contributed by atoms with Gasteiger partial charge in [-0.15, -0.1) is 0 Å². The number of carbonyl (C=O) groups is 1. The first-order chi connectivity index (χ1) is 14.7. The lowest BCUT2D eigenvalue weighted by Crippen LogP contribution is -2.39. The summed E-state index contributed by atoms with van der Waals surface area (Å²) in [6, 6.07) is 11.1. The summed E-state index contributed by atoms with van der Waals surface area (Å²) < 4.78 is 6.02. The normalized spacial score (nSPS) is 14.2. The number of hydrogen-bond acceptors (Lipinski definition) is 8. The van der Waals surface area contributed by atoms with Gasteiger partial charge in [0, 0.05) is 56.6 Å². The molecule has 2 N–H and O–H groups in total. The Labute approximate surface area is 174 Å². The number of nitrogens with one attached hydrogen (secondary N) is 2. The van der Waals surface area contributed by atoms with Gasteiger partial charge in [0.1, 0.15) is 18.2 Å². The van der Waals surface area contributed by atoms with Gasteiger partial charge in [0.15, 0.2) is 0 Å². The number of piperidine rings is 1. The fraction of sp³-hybridized carbons (Fsp3) is 0.286. The Kier molecular flexibility index (Phi) is 5.98. The summed E-state index contributed by atoms with van der Waals surface area (Å²) in [4.78, 5) is 30.5. The molecule has 3 aromatic rings. The maximum atomic E-state index is 11.2. The maximum Gasteiger partial charge on any atom is 0.231 e. The molecular weight excluding hydrogens is 382 g/mol. The van der Waals surface area contributed by atoms with E-state index in [4.69, 9.17) is 4.74 Å². The monoisotopic (exact) mass is 405 g/mol. The van der Waals surface area contributed by atoms with Crippen LogP contribution in [0.5, 0.6) is 5.75 Å². The van der Waals surface area contributed by atoms with Gasteiger partial charge in [-0.2, -0.15) is 4.98 Å². The molecule has 4 rings (SSSR count). The Hall–Kier alpha value is -3.75. The van der Waals surface area contributed by atoms with Gasteiger partial charge in [0.25, 0.3) is 0 Å². The average Bonchev–Trinajstić information content (AvgIpc) is 2.75. The van der Waals surface area contributed by atoms with Crippen molar-refractivity contribution in [1.29, 1.82) is 0 Å². The van der Waals surface area contributed by atoms with E-state index in [1.807, 2.05) is 36.4 Å². The Bertz CT molecular complexity index is 991. The first-order valence-corrected chi connectivity index (χ1v) is 9.81. The van der Waals surface area contributed by atoms with E-state index in [0.29, 0.717) is 17.6 Å². The minimum absolute atomic E-state index is 0.120. The van der Waals surface area contributed by atoms with Crippen LogP contribution in [0.2, 0.25) is 0 Å². The lowest BCUT2D eigenvalue weighted by Gasteiger charge is -2.32. The van der Waals surface area contributed by atoms with Crippen LogP contribution in [0.1, 0.15) is 19.8 Å². The molecule has 1 aliphatic rings. The van der Waals surface area contributed by atoms with E-state index in [1.165, 1.54) is 13.3 Å². The van der Waals surface area contributed by atoms with Crippen LogP contribution in [0.4, 0.5) is 23.3 Å². The Morgan fingerprint density at radius 1 is 1.10 bits per heavy atom. The predicted molar refractivity (Wildman–Crippen MR) is 114 cm³/mol. The fourth-order valence-corrected chi connectivity index (χ4v) is 3.29. The molecule has 1 saturated heterocycles. The number of rotatable bonds is 6. The molecule has 1 aromatic carbocycles. The summed E-state index contributed by atoms with van der Waals surface area (Å²) in [7, 11) is 0. The predicted octanol–water partition coefficient (Wildman–Crippen LogP) is 3.02. The standard InChI is InChI=1S/C21H23N7O2/c1-15(29)25-16-3-2-4-17(13-16)26-20-23-14-24-21(27-20)28-11-7-19(8-12-28)30-18-5-9-22-10-6-18/h2-6,9-10,13-14,19H,7-8,11-12H2,1H3,(H,25,29)(H,23,24,26,27). The van der Waals surface area contributed by atoms with Gasteiger partial charge in [-0.1, -0.05) is 6.07 Å². The number of nitrogens with zero attached hydrogens (tertiary/aromatic N) is 5. The van der Waals surface area contributed by atoms with Gasteiger partial charge < -0.3 is 20.3 Å². The Morgan fingerprint density at radius 3 is 2.63 bits per heavy atom. The number of ether oxygens (including phenoxy) is 1. The van der Waals surface area contributed by atoms with Crippen LogP contribution in [0.3, 0.4) is 0 Å². The van der Waals surface area contributed by atoms with Crippen molar-refractivity contribution in [3.05, 3.63) is 55.1 Å². The molecule has 154 valence electrons. The van der Waals surface area contributed by atoms with Crippen LogP contribution < -0.4 is 20.3 Å². The summed E-state index contributed by atoms with van der Waals surface area (Å²) in [6.07, 6.45) is 6.90.